The number of anilines is 1. The fourth-order valence-corrected chi connectivity index (χ4v) is 6.27. The summed E-state index contributed by atoms with van der Waals surface area (Å²) in [6.07, 6.45) is 4.08. The van der Waals surface area contributed by atoms with Gasteiger partial charge in [0, 0.05) is 29.6 Å². The van der Waals surface area contributed by atoms with Crippen molar-refractivity contribution >= 4 is 44.3 Å². The first kappa shape index (κ1) is 26.4. The highest BCUT2D eigenvalue weighted by Crippen LogP contribution is 2.34. The number of benzene rings is 2. The van der Waals surface area contributed by atoms with E-state index in [1.807, 2.05) is 22.8 Å². The van der Waals surface area contributed by atoms with Gasteiger partial charge in [-0.05, 0) is 50.5 Å². The predicted octanol–water partition coefficient (Wildman–Crippen LogP) is 4.52. The zero-order valence-electron chi connectivity index (χ0n) is 20.6. The van der Waals surface area contributed by atoms with Gasteiger partial charge in [0.25, 0.3) is 0 Å². The second-order valence-corrected chi connectivity index (χ2v) is 12.6. The Balaban J connectivity index is 1.89. The molecular weight excluding hydrogens is 500 g/mol. The van der Waals surface area contributed by atoms with Gasteiger partial charge in [0.05, 0.1) is 27.3 Å². The van der Waals surface area contributed by atoms with Gasteiger partial charge in [0.15, 0.2) is 9.84 Å². The number of aliphatic hydroxyl groups excluding tert-OH is 1. The normalized spacial score (nSPS) is 18.9. The summed E-state index contributed by atoms with van der Waals surface area (Å²) in [4.78, 5) is 16.8. The van der Waals surface area contributed by atoms with Crippen molar-refractivity contribution < 1.29 is 18.3 Å². The van der Waals surface area contributed by atoms with Crippen LogP contribution in [0.25, 0.3) is 11.0 Å². The highest BCUT2D eigenvalue weighted by molar-refractivity contribution is 7.92. The van der Waals surface area contributed by atoms with Crippen LogP contribution < -0.4 is 11.1 Å². The molecule has 2 aromatic carbocycles. The van der Waals surface area contributed by atoms with E-state index in [-0.39, 0.29) is 16.4 Å². The molecule has 0 spiro atoms. The van der Waals surface area contributed by atoms with Crippen LogP contribution in [0.1, 0.15) is 61.9 Å². The van der Waals surface area contributed by atoms with Crippen molar-refractivity contribution in [2.24, 2.45) is 11.7 Å². The number of carbonyl (C=O) groups is 1. The molecule has 1 aliphatic rings. The third-order valence-corrected chi connectivity index (χ3v) is 9.48. The van der Waals surface area contributed by atoms with Gasteiger partial charge in [0.1, 0.15) is 0 Å². The summed E-state index contributed by atoms with van der Waals surface area (Å²) >= 11 is 6.35. The topological polar surface area (TPSA) is 127 Å². The second kappa shape index (κ2) is 10.8. The Morgan fingerprint density at radius 2 is 1.94 bits per heavy atom. The molecule has 1 amide bonds. The number of primary amides is 1. The Morgan fingerprint density at radius 3 is 2.64 bits per heavy atom. The van der Waals surface area contributed by atoms with Crippen LogP contribution in [0, 0.1) is 5.92 Å². The minimum Gasteiger partial charge on any atom is -0.393 e. The monoisotopic (exact) mass is 532 g/mol. The first-order valence-corrected chi connectivity index (χ1v) is 14.3. The molecule has 2 atom stereocenters. The SMILES string of the molecule is CC(C)S(=O)(=O)c1cc(C(N)=O)cc2nc(NCc3ccccc3Cl)n(C[C@H]3CCCCC[C@H]3O)c12. The van der Waals surface area contributed by atoms with Crippen LogP contribution in [0.3, 0.4) is 0 Å². The molecule has 0 unspecified atom stereocenters. The maximum Gasteiger partial charge on any atom is 0.248 e. The van der Waals surface area contributed by atoms with Crippen molar-refractivity contribution in [1.29, 1.82) is 0 Å². The van der Waals surface area contributed by atoms with E-state index in [1.54, 1.807) is 19.9 Å². The van der Waals surface area contributed by atoms with E-state index in [4.69, 9.17) is 22.3 Å². The summed E-state index contributed by atoms with van der Waals surface area (Å²) in [5.74, 6) is -0.337. The lowest BCUT2D eigenvalue weighted by Gasteiger charge is -2.23. The van der Waals surface area contributed by atoms with E-state index < -0.39 is 27.1 Å². The maximum atomic E-state index is 13.4. The lowest BCUT2D eigenvalue weighted by molar-refractivity contribution is 0.0917. The van der Waals surface area contributed by atoms with Crippen molar-refractivity contribution in [3.63, 3.8) is 0 Å². The number of hydrogen-bond donors (Lipinski definition) is 3. The maximum absolute atomic E-state index is 13.4. The van der Waals surface area contributed by atoms with Crippen molar-refractivity contribution in [2.45, 2.75) is 75.3 Å². The number of nitrogens with zero attached hydrogens (tertiary/aromatic N) is 2. The van der Waals surface area contributed by atoms with Gasteiger partial charge >= 0.3 is 0 Å². The molecule has 1 heterocycles. The van der Waals surface area contributed by atoms with E-state index >= 15 is 0 Å². The third kappa shape index (κ3) is 5.38. The number of carbonyl (C=O) groups excluding carboxylic acids is 1. The minimum atomic E-state index is -3.78. The first-order chi connectivity index (χ1) is 17.1. The van der Waals surface area contributed by atoms with Gasteiger partial charge in [-0.2, -0.15) is 0 Å². The average molecular weight is 533 g/mol. The van der Waals surface area contributed by atoms with Gasteiger partial charge in [-0.3, -0.25) is 4.79 Å². The van der Waals surface area contributed by atoms with E-state index in [0.717, 1.165) is 31.2 Å². The zero-order valence-corrected chi connectivity index (χ0v) is 22.1. The highest BCUT2D eigenvalue weighted by atomic mass is 35.5. The molecule has 1 aromatic heterocycles. The number of sulfone groups is 1. The summed E-state index contributed by atoms with van der Waals surface area (Å²) in [6, 6.07) is 10.3. The molecule has 0 bridgehead atoms. The Morgan fingerprint density at radius 1 is 1.22 bits per heavy atom. The predicted molar refractivity (Wildman–Crippen MR) is 142 cm³/mol. The fourth-order valence-electron chi connectivity index (χ4n) is 4.78. The number of aromatic nitrogens is 2. The molecule has 0 radical (unpaired) electrons. The number of halogens is 1. The largest absolute Gasteiger partial charge is 0.393 e. The third-order valence-electron chi connectivity index (χ3n) is 6.95. The number of fused-ring (bicyclic) bond motifs is 1. The lowest BCUT2D eigenvalue weighted by atomic mass is 9.97. The standard InChI is InChI=1S/C26H33ClN4O4S/c1-16(2)36(34,35)23-13-19(25(28)33)12-21-24(23)31(15-18-9-4-3-5-11-22(18)32)26(30-21)29-14-17-8-6-7-10-20(17)27/h6-8,10,12-13,16,18,22,32H,3-5,9,11,14-15H2,1-2H3,(H2,28,33)(H,29,30)/t18-,22-/m1/s1. The molecule has 4 rings (SSSR count). The molecule has 36 heavy (non-hydrogen) atoms. The van der Waals surface area contributed by atoms with Crippen LogP contribution in [-0.2, 0) is 22.9 Å². The molecule has 10 heteroatoms. The van der Waals surface area contributed by atoms with Crippen molar-refractivity contribution in [3.8, 4) is 0 Å². The number of nitrogens with two attached hydrogens (primary N) is 1. The molecule has 3 aromatic rings. The molecule has 1 aliphatic carbocycles. The minimum absolute atomic E-state index is 0.0187. The summed E-state index contributed by atoms with van der Waals surface area (Å²) in [5, 5.41) is 14.0. The smallest absolute Gasteiger partial charge is 0.248 e. The van der Waals surface area contributed by atoms with Crippen LogP contribution in [0.4, 0.5) is 5.95 Å². The van der Waals surface area contributed by atoms with Crippen molar-refractivity contribution in [2.75, 3.05) is 5.32 Å². The van der Waals surface area contributed by atoms with Gasteiger partial charge in [-0.25, -0.2) is 13.4 Å². The summed E-state index contributed by atoms with van der Waals surface area (Å²) in [5.41, 5.74) is 7.25. The molecular formula is C26H33ClN4O4S. The van der Waals surface area contributed by atoms with Crippen LogP contribution >= 0.6 is 11.6 Å². The number of hydrogen-bond acceptors (Lipinski definition) is 6. The van der Waals surface area contributed by atoms with Gasteiger partial charge in [0.2, 0.25) is 11.9 Å². The van der Waals surface area contributed by atoms with Crippen LogP contribution in [0.5, 0.6) is 0 Å². The van der Waals surface area contributed by atoms with E-state index in [0.29, 0.717) is 41.5 Å². The quantitative estimate of drug-likeness (QED) is 0.366. The van der Waals surface area contributed by atoms with E-state index in [1.165, 1.54) is 12.1 Å². The second-order valence-electron chi connectivity index (χ2n) is 9.76. The summed E-state index contributed by atoms with van der Waals surface area (Å²) < 4.78 is 28.7. The molecule has 0 aliphatic heterocycles. The van der Waals surface area contributed by atoms with Crippen LogP contribution in [0.15, 0.2) is 41.3 Å². The molecule has 8 nitrogen and oxygen atoms in total. The Bertz CT molecular complexity index is 1370. The van der Waals surface area contributed by atoms with Crippen molar-refractivity contribution in [3.05, 3.63) is 52.5 Å². The number of imidazole rings is 1. The van der Waals surface area contributed by atoms with Gasteiger partial charge in [-0.1, -0.05) is 49.1 Å². The van der Waals surface area contributed by atoms with Crippen molar-refractivity contribution in [1.82, 2.24) is 9.55 Å². The summed E-state index contributed by atoms with van der Waals surface area (Å²) in [7, 11) is -3.78. The number of amides is 1. The molecule has 0 saturated heterocycles. The molecule has 194 valence electrons. The fraction of sp³-hybridized carbons (Fsp3) is 0.462. The van der Waals surface area contributed by atoms with E-state index in [9.17, 15) is 18.3 Å². The zero-order chi connectivity index (χ0) is 26.0. The summed E-state index contributed by atoms with van der Waals surface area (Å²) in [6.45, 7) is 3.96. The Labute approximate surface area is 216 Å². The molecule has 4 N–H and O–H groups in total. The molecule has 1 saturated carbocycles. The molecule has 1 fully saturated rings. The van der Waals surface area contributed by atoms with Crippen LogP contribution in [-0.4, -0.2) is 40.3 Å². The first-order valence-electron chi connectivity index (χ1n) is 12.3. The van der Waals surface area contributed by atoms with Gasteiger partial charge in [-0.15, -0.1) is 0 Å². The lowest BCUT2D eigenvalue weighted by Crippen LogP contribution is -2.25. The van der Waals surface area contributed by atoms with E-state index in [2.05, 4.69) is 5.32 Å². The van der Waals surface area contributed by atoms with Gasteiger partial charge < -0.3 is 20.7 Å². The highest BCUT2D eigenvalue weighted by Gasteiger charge is 2.30. The average Bonchev–Trinajstić information content (AvgIpc) is 3.04. The Kier molecular flexibility index (Phi) is 7.92. The Hall–Kier alpha value is -2.62. The number of aliphatic hydroxyl groups is 1. The number of rotatable bonds is 8. The number of nitrogens with one attached hydrogen (secondary N) is 1. The van der Waals surface area contributed by atoms with Crippen LogP contribution in [0.2, 0.25) is 5.02 Å².